The zero-order chi connectivity index (χ0) is 17.6. The third kappa shape index (κ3) is 4.04. The molecule has 0 bridgehead atoms. The third-order valence-electron chi connectivity index (χ3n) is 4.08. The van der Waals surface area contributed by atoms with E-state index >= 15 is 0 Å². The molecule has 3 aromatic rings. The van der Waals surface area contributed by atoms with Crippen molar-refractivity contribution in [2.24, 2.45) is 0 Å². The molecule has 0 aliphatic carbocycles. The van der Waals surface area contributed by atoms with Crippen LogP contribution in [0.5, 0.6) is 0 Å². The van der Waals surface area contributed by atoms with Gasteiger partial charge in [-0.3, -0.25) is 0 Å². The highest BCUT2D eigenvalue weighted by Crippen LogP contribution is 2.23. The number of anilines is 2. The average molecular weight is 332 g/mol. The van der Waals surface area contributed by atoms with Crippen LogP contribution in [0.3, 0.4) is 0 Å². The van der Waals surface area contributed by atoms with E-state index in [-0.39, 0.29) is 5.97 Å². The molecule has 1 aromatic heterocycles. The Morgan fingerprint density at radius 2 is 1.84 bits per heavy atom. The summed E-state index contributed by atoms with van der Waals surface area (Å²) in [6.07, 6.45) is 2.64. The van der Waals surface area contributed by atoms with Gasteiger partial charge >= 0.3 is 5.97 Å². The van der Waals surface area contributed by atoms with Crippen molar-refractivity contribution in [3.05, 3.63) is 89.1 Å². The Balaban J connectivity index is 1.82. The first-order valence-electron chi connectivity index (χ1n) is 8.11. The highest BCUT2D eigenvalue weighted by Gasteiger charge is 2.12. The van der Waals surface area contributed by atoms with Gasteiger partial charge in [-0.15, -0.1) is 0 Å². The molecule has 0 saturated heterocycles. The van der Waals surface area contributed by atoms with Crippen LogP contribution in [0.15, 0.2) is 66.9 Å². The number of carbonyl (C=O) groups excluding carboxylic acids is 1. The molecule has 1 heterocycles. The number of pyridine rings is 1. The second-order valence-electron chi connectivity index (χ2n) is 5.81. The second-order valence-corrected chi connectivity index (χ2v) is 5.81. The van der Waals surface area contributed by atoms with Crippen LogP contribution in [0.2, 0.25) is 0 Å². The van der Waals surface area contributed by atoms with Crippen molar-refractivity contribution in [2.75, 3.05) is 12.4 Å². The summed E-state index contributed by atoms with van der Waals surface area (Å²) in [5.41, 5.74) is 4.65. The molecule has 0 amide bonds. The van der Waals surface area contributed by atoms with Crippen LogP contribution in [0, 0.1) is 6.92 Å². The molecule has 0 atom stereocenters. The summed E-state index contributed by atoms with van der Waals surface area (Å²) in [6, 6.07) is 19.9. The van der Waals surface area contributed by atoms with Gasteiger partial charge in [0.15, 0.2) is 0 Å². The summed E-state index contributed by atoms with van der Waals surface area (Å²) >= 11 is 0. The van der Waals surface area contributed by atoms with Crippen LogP contribution in [0.4, 0.5) is 11.5 Å². The molecular formula is C21H20N2O2. The minimum Gasteiger partial charge on any atom is -0.465 e. The first-order valence-corrected chi connectivity index (χ1v) is 8.11. The molecule has 0 aliphatic heterocycles. The van der Waals surface area contributed by atoms with Gasteiger partial charge in [0.25, 0.3) is 0 Å². The van der Waals surface area contributed by atoms with Crippen molar-refractivity contribution < 1.29 is 9.53 Å². The fourth-order valence-corrected chi connectivity index (χ4v) is 2.72. The van der Waals surface area contributed by atoms with E-state index in [1.807, 2.05) is 49.4 Å². The van der Waals surface area contributed by atoms with Crippen molar-refractivity contribution in [3.63, 3.8) is 0 Å². The Morgan fingerprint density at radius 3 is 2.60 bits per heavy atom. The van der Waals surface area contributed by atoms with E-state index < -0.39 is 0 Å². The molecule has 4 heteroatoms. The number of nitrogens with one attached hydrogen (secondary N) is 1. The monoisotopic (exact) mass is 332 g/mol. The number of rotatable bonds is 5. The largest absolute Gasteiger partial charge is 0.465 e. The molecule has 0 unspecified atom stereocenters. The van der Waals surface area contributed by atoms with Crippen molar-refractivity contribution in [2.45, 2.75) is 13.3 Å². The standard InChI is InChI=1S/C21H20N2O2/c1-15-18(21(24)25-2)9-6-10-19(15)23-20-14-17(11-12-22-20)13-16-7-4-3-5-8-16/h3-12,14H,13H2,1-2H3,(H,22,23). The van der Waals surface area contributed by atoms with Gasteiger partial charge in [0.2, 0.25) is 0 Å². The first kappa shape index (κ1) is 16.7. The molecule has 126 valence electrons. The molecule has 3 rings (SSSR count). The molecule has 25 heavy (non-hydrogen) atoms. The van der Waals surface area contributed by atoms with E-state index in [4.69, 9.17) is 4.74 Å². The van der Waals surface area contributed by atoms with Crippen LogP contribution in [-0.4, -0.2) is 18.1 Å². The fourth-order valence-electron chi connectivity index (χ4n) is 2.72. The lowest BCUT2D eigenvalue weighted by Crippen LogP contribution is -2.06. The van der Waals surface area contributed by atoms with E-state index in [0.29, 0.717) is 5.56 Å². The van der Waals surface area contributed by atoms with Crippen molar-refractivity contribution in [1.29, 1.82) is 0 Å². The quantitative estimate of drug-likeness (QED) is 0.698. The SMILES string of the molecule is COC(=O)c1cccc(Nc2cc(Cc3ccccc3)ccn2)c1C. The lowest BCUT2D eigenvalue weighted by molar-refractivity contribution is 0.0600. The summed E-state index contributed by atoms with van der Waals surface area (Å²) in [5.74, 6) is 0.408. The lowest BCUT2D eigenvalue weighted by Gasteiger charge is -2.12. The lowest BCUT2D eigenvalue weighted by atomic mass is 10.1. The number of aromatic nitrogens is 1. The molecule has 0 saturated carbocycles. The van der Waals surface area contributed by atoms with Gasteiger partial charge < -0.3 is 10.1 Å². The summed E-state index contributed by atoms with van der Waals surface area (Å²) in [6.45, 7) is 1.89. The van der Waals surface area contributed by atoms with Crippen molar-refractivity contribution >= 4 is 17.5 Å². The number of carbonyl (C=O) groups is 1. The summed E-state index contributed by atoms with van der Waals surface area (Å²) in [5, 5.41) is 3.30. The van der Waals surface area contributed by atoms with Gasteiger partial charge in [-0.25, -0.2) is 9.78 Å². The van der Waals surface area contributed by atoms with Gasteiger partial charge in [0.1, 0.15) is 5.82 Å². The van der Waals surface area contributed by atoms with Gasteiger partial charge in [0.05, 0.1) is 12.7 Å². The summed E-state index contributed by atoms with van der Waals surface area (Å²) < 4.78 is 4.83. The average Bonchev–Trinajstić information content (AvgIpc) is 2.64. The minimum absolute atomic E-state index is 0.341. The Morgan fingerprint density at radius 1 is 1.04 bits per heavy atom. The zero-order valence-corrected chi connectivity index (χ0v) is 14.3. The van der Waals surface area contributed by atoms with Crippen molar-refractivity contribution in [1.82, 2.24) is 4.98 Å². The van der Waals surface area contributed by atoms with Crippen LogP contribution in [0.25, 0.3) is 0 Å². The Bertz CT molecular complexity index is 876. The van der Waals surface area contributed by atoms with Gasteiger partial charge in [-0.1, -0.05) is 36.4 Å². The number of methoxy groups -OCH3 is 1. The third-order valence-corrected chi connectivity index (χ3v) is 4.08. The number of nitrogens with zero attached hydrogens (tertiary/aromatic N) is 1. The Labute approximate surface area is 147 Å². The summed E-state index contributed by atoms with van der Waals surface area (Å²) in [4.78, 5) is 16.2. The maximum absolute atomic E-state index is 11.8. The predicted octanol–water partition coefficient (Wildman–Crippen LogP) is 4.51. The Hall–Kier alpha value is -3.14. The molecule has 0 radical (unpaired) electrons. The number of hydrogen-bond acceptors (Lipinski definition) is 4. The van der Waals surface area contributed by atoms with E-state index in [0.717, 1.165) is 23.5 Å². The van der Waals surface area contributed by atoms with Gasteiger partial charge in [-0.2, -0.15) is 0 Å². The van der Waals surface area contributed by atoms with Crippen molar-refractivity contribution in [3.8, 4) is 0 Å². The van der Waals surface area contributed by atoms with Crippen LogP contribution in [0.1, 0.15) is 27.0 Å². The van der Waals surface area contributed by atoms with E-state index in [1.54, 1.807) is 12.3 Å². The van der Waals surface area contributed by atoms with Crippen LogP contribution >= 0.6 is 0 Å². The molecular weight excluding hydrogens is 312 g/mol. The van der Waals surface area contributed by atoms with Crippen LogP contribution in [-0.2, 0) is 11.2 Å². The highest BCUT2D eigenvalue weighted by molar-refractivity contribution is 5.93. The minimum atomic E-state index is -0.341. The maximum Gasteiger partial charge on any atom is 0.338 e. The number of ether oxygens (including phenoxy) is 1. The van der Waals surface area contributed by atoms with E-state index in [2.05, 4.69) is 22.4 Å². The highest BCUT2D eigenvalue weighted by atomic mass is 16.5. The second kappa shape index (κ2) is 7.62. The molecule has 1 N–H and O–H groups in total. The smallest absolute Gasteiger partial charge is 0.338 e. The predicted molar refractivity (Wildman–Crippen MR) is 99.3 cm³/mol. The first-order chi connectivity index (χ1) is 12.2. The number of benzene rings is 2. The topological polar surface area (TPSA) is 51.2 Å². The fraction of sp³-hybridized carbons (Fsp3) is 0.143. The molecule has 4 nitrogen and oxygen atoms in total. The summed E-state index contributed by atoms with van der Waals surface area (Å²) in [7, 11) is 1.39. The zero-order valence-electron chi connectivity index (χ0n) is 14.3. The van der Waals surface area contributed by atoms with E-state index in [1.165, 1.54) is 18.2 Å². The molecule has 0 aliphatic rings. The van der Waals surface area contributed by atoms with Gasteiger partial charge in [0, 0.05) is 11.9 Å². The van der Waals surface area contributed by atoms with Crippen LogP contribution < -0.4 is 5.32 Å². The van der Waals surface area contributed by atoms with Gasteiger partial charge in [-0.05, 0) is 54.3 Å². The molecule has 0 spiro atoms. The molecule has 0 fully saturated rings. The number of hydrogen-bond donors (Lipinski definition) is 1. The maximum atomic E-state index is 11.8. The van der Waals surface area contributed by atoms with E-state index in [9.17, 15) is 4.79 Å². The normalized spacial score (nSPS) is 10.3. The Kier molecular flexibility index (Phi) is 5.09. The number of esters is 1. The molecule has 2 aromatic carbocycles.